The second-order valence-corrected chi connectivity index (χ2v) is 8.02. The van der Waals surface area contributed by atoms with Gasteiger partial charge in [0, 0.05) is 25.1 Å². The molecule has 1 amide bonds. The van der Waals surface area contributed by atoms with Crippen molar-refractivity contribution in [3.63, 3.8) is 0 Å². The summed E-state index contributed by atoms with van der Waals surface area (Å²) in [7, 11) is 0. The molecule has 0 spiro atoms. The number of nitrogens with zero attached hydrogens (tertiary/aromatic N) is 1. The Morgan fingerprint density at radius 2 is 1.90 bits per heavy atom. The third-order valence-electron chi connectivity index (χ3n) is 5.93. The maximum absolute atomic E-state index is 12.4. The Balaban J connectivity index is 1.09. The van der Waals surface area contributed by atoms with Gasteiger partial charge in [-0.2, -0.15) is 0 Å². The number of rotatable bonds is 6. The number of imidazole rings is 1. The molecule has 2 aliphatic rings. The second kappa shape index (κ2) is 8.37. The van der Waals surface area contributed by atoms with Crippen LogP contribution in [-0.4, -0.2) is 34.4 Å². The van der Waals surface area contributed by atoms with E-state index in [4.69, 9.17) is 14.2 Å². The molecule has 8 heteroatoms. The highest BCUT2D eigenvalue weighted by atomic mass is 16.7. The summed E-state index contributed by atoms with van der Waals surface area (Å²) in [5.41, 5.74) is 1.42. The van der Waals surface area contributed by atoms with E-state index in [0.29, 0.717) is 12.3 Å². The van der Waals surface area contributed by atoms with Crippen LogP contribution in [0.1, 0.15) is 32.1 Å². The van der Waals surface area contributed by atoms with Crippen LogP contribution >= 0.6 is 0 Å². The summed E-state index contributed by atoms with van der Waals surface area (Å²) in [4.78, 5) is 27.4. The first kappa shape index (κ1) is 19.5. The van der Waals surface area contributed by atoms with Crippen molar-refractivity contribution in [2.24, 2.45) is 0 Å². The number of para-hydroxylation sites is 2. The fourth-order valence-corrected chi connectivity index (χ4v) is 4.31. The summed E-state index contributed by atoms with van der Waals surface area (Å²) in [6.07, 6.45) is 3.89. The first-order valence-corrected chi connectivity index (χ1v) is 10.7. The lowest BCUT2D eigenvalue weighted by atomic mass is 9.93. The van der Waals surface area contributed by atoms with Gasteiger partial charge in [-0.15, -0.1) is 0 Å². The quantitative estimate of drug-likeness (QED) is 0.636. The van der Waals surface area contributed by atoms with Gasteiger partial charge in [-0.25, -0.2) is 4.79 Å². The average Bonchev–Trinajstić information content (AvgIpc) is 3.36. The molecule has 0 radical (unpaired) electrons. The number of fused-ring (bicyclic) bond motifs is 2. The Morgan fingerprint density at radius 1 is 1.10 bits per heavy atom. The number of ether oxygens (including phenoxy) is 3. The molecule has 1 fully saturated rings. The summed E-state index contributed by atoms with van der Waals surface area (Å²) >= 11 is 0. The van der Waals surface area contributed by atoms with Gasteiger partial charge in [0.05, 0.1) is 17.1 Å². The molecule has 0 unspecified atom stereocenters. The lowest BCUT2D eigenvalue weighted by Gasteiger charge is -2.29. The highest BCUT2D eigenvalue weighted by molar-refractivity contribution is 5.77. The zero-order chi connectivity index (χ0) is 21.2. The standard InChI is InChI=1S/C23H25N3O5/c27-22(11-12-26-19-4-2-1-3-18(19)25-23(26)28)24-15-5-7-16(8-6-15)31-17-9-10-20-21(13-17)30-14-29-20/h1-4,9-10,13,15-16H,5-8,11-12,14H2,(H,24,27)(H,25,28). The van der Waals surface area contributed by atoms with E-state index in [0.717, 1.165) is 48.2 Å². The average molecular weight is 423 g/mol. The van der Waals surface area contributed by atoms with Crippen LogP contribution in [0.2, 0.25) is 0 Å². The minimum Gasteiger partial charge on any atom is -0.490 e. The van der Waals surface area contributed by atoms with Crippen LogP contribution in [-0.2, 0) is 11.3 Å². The number of H-pyrrole nitrogens is 1. The van der Waals surface area contributed by atoms with Crippen LogP contribution in [0.5, 0.6) is 17.2 Å². The van der Waals surface area contributed by atoms with Crippen molar-refractivity contribution >= 4 is 16.9 Å². The number of amides is 1. The van der Waals surface area contributed by atoms with Gasteiger partial charge in [-0.3, -0.25) is 9.36 Å². The molecule has 2 heterocycles. The third-order valence-corrected chi connectivity index (χ3v) is 5.93. The fourth-order valence-electron chi connectivity index (χ4n) is 4.31. The Labute approximate surface area is 179 Å². The van der Waals surface area contributed by atoms with E-state index in [-0.39, 0.29) is 37.0 Å². The Kier molecular flexibility index (Phi) is 5.28. The number of aryl methyl sites for hydroxylation is 1. The molecular weight excluding hydrogens is 398 g/mol. The smallest absolute Gasteiger partial charge is 0.326 e. The number of aromatic amines is 1. The van der Waals surface area contributed by atoms with Gasteiger partial charge in [-0.1, -0.05) is 12.1 Å². The van der Waals surface area contributed by atoms with E-state index in [1.807, 2.05) is 42.5 Å². The third kappa shape index (κ3) is 4.23. The normalized spacial score (nSPS) is 20.0. The lowest BCUT2D eigenvalue weighted by molar-refractivity contribution is -0.122. The molecule has 0 atom stereocenters. The summed E-state index contributed by atoms with van der Waals surface area (Å²) < 4.78 is 18.4. The summed E-state index contributed by atoms with van der Waals surface area (Å²) in [5.74, 6) is 2.21. The van der Waals surface area contributed by atoms with Crippen LogP contribution in [0, 0.1) is 0 Å². The first-order chi connectivity index (χ1) is 15.2. The van der Waals surface area contributed by atoms with Crippen LogP contribution in [0.4, 0.5) is 0 Å². The zero-order valence-corrected chi connectivity index (χ0v) is 17.1. The van der Waals surface area contributed by atoms with E-state index in [9.17, 15) is 9.59 Å². The van der Waals surface area contributed by atoms with Crippen LogP contribution in [0.3, 0.4) is 0 Å². The van der Waals surface area contributed by atoms with Crippen LogP contribution in [0.25, 0.3) is 11.0 Å². The monoisotopic (exact) mass is 423 g/mol. The van der Waals surface area contributed by atoms with Gasteiger partial charge in [0.15, 0.2) is 11.5 Å². The largest absolute Gasteiger partial charge is 0.490 e. The molecular formula is C23H25N3O5. The number of benzene rings is 2. The van der Waals surface area contributed by atoms with E-state index in [1.165, 1.54) is 0 Å². The lowest BCUT2D eigenvalue weighted by Crippen LogP contribution is -2.40. The van der Waals surface area contributed by atoms with Crippen molar-refractivity contribution in [1.82, 2.24) is 14.9 Å². The number of hydrogen-bond acceptors (Lipinski definition) is 5. The maximum Gasteiger partial charge on any atom is 0.326 e. The maximum atomic E-state index is 12.4. The first-order valence-electron chi connectivity index (χ1n) is 10.7. The molecule has 31 heavy (non-hydrogen) atoms. The predicted molar refractivity (Wildman–Crippen MR) is 115 cm³/mol. The van der Waals surface area contributed by atoms with E-state index < -0.39 is 0 Å². The predicted octanol–water partition coefficient (Wildman–Crippen LogP) is 2.95. The number of carbonyl (C=O) groups excluding carboxylic acids is 1. The molecule has 5 rings (SSSR count). The minimum atomic E-state index is -0.185. The van der Waals surface area contributed by atoms with Gasteiger partial charge in [0.1, 0.15) is 5.75 Å². The Bertz CT molecular complexity index is 1140. The van der Waals surface area contributed by atoms with Crippen molar-refractivity contribution in [1.29, 1.82) is 0 Å². The second-order valence-electron chi connectivity index (χ2n) is 8.02. The molecule has 1 aliphatic carbocycles. The molecule has 0 saturated heterocycles. The van der Waals surface area contributed by atoms with Gasteiger partial charge >= 0.3 is 5.69 Å². The summed E-state index contributed by atoms with van der Waals surface area (Å²) in [6.45, 7) is 0.607. The van der Waals surface area contributed by atoms with E-state index >= 15 is 0 Å². The molecule has 2 N–H and O–H groups in total. The van der Waals surface area contributed by atoms with Gasteiger partial charge in [-0.05, 0) is 49.9 Å². The molecule has 162 valence electrons. The Hall–Kier alpha value is -3.42. The van der Waals surface area contributed by atoms with Crippen molar-refractivity contribution in [3.05, 3.63) is 52.9 Å². The number of aromatic nitrogens is 2. The number of carbonyl (C=O) groups is 1. The topological polar surface area (TPSA) is 94.6 Å². The van der Waals surface area contributed by atoms with E-state index in [1.54, 1.807) is 4.57 Å². The number of nitrogens with one attached hydrogen (secondary N) is 2. The minimum absolute atomic E-state index is 0.0303. The highest BCUT2D eigenvalue weighted by Gasteiger charge is 2.24. The van der Waals surface area contributed by atoms with Crippen LogP contribution < -0.4 is 25.2 Å². The van der Waals surface area contributed by atoms with Crippen LogP contribution in [0.15, 0.2) is 47.3 Å². The van der Waals surface area contributed by atoms with Crippen molar-refractivity contribution in [3.8, 4) is 17.2 Å². The van der Waals surface area contributed by atoms with Gasteiger partial charge in [0.2, 0.25) is 12.7 Å². The summed E-state index contributed by atoms with van der Waals surface area (Å²) in [6, 6.07) is 13.3. The highest BCUT2D eigenvalue weighted by Crippen LogP contribution is 2.36. The SMILES string of the molecule is O=C(CCn1c(=O)[nH]c2ccccc21)NC1CCC(Oc2ccc3c(c2)OCO3)CC1. The molecule has 1 aliphatic heterocycles. The van der Waals surface area contributed by atoms with Crippen molar-refractivity contribution in [2.45, 2.75) is 50.8 Å². The Morgan fingerprint density at radius 3 is 2.77 bits per heavy atom. The summed E-state index contributed by atoms with van der Waals surface area (Å²) in [5, 5.41) is 3.11. The molecule has 0 bridgehead atoms. The molecule has 8 nitrogen and oxygen atoms in total. The number of hydrogen-bond donors (Lipinski definition) is 2. The van der Waals surface area contributed by atoms with Gasteiger partial charge < -0.3 is 24.5 Å². The molecule has 3 aromatic rings. The molecule has 1 saturated carbocycles. The van der Waals surface area contributed by atoms with Crippen molar-refractivity contribution in [2.75, 3.05) is 6.79 Å². The van der Waals surface area contributed by atoms with Gasteiger partial charge in [0.25, 0.3) is 0 Å². The zero-order valence-electron chi connectivity index (χ0n) is 17.1. The van der Waals surface area contributed by atoms with Crippen molar-refractivity contribution < 1.29 is 19.0 Å². The molecule has 1 aromatic heterocycles. The molecule has 2 aromatic carbocycles. The fraction of sp³-hybridized carbons (Fsp3) is 0.391. The van der Waals surface area contributed by atoms with E-state index in [2.05, 4.69) is 10.3 Å².